The van der Waals surface area contributed by atoms with E-state index < -0.39 is 5.97 Å². The molecule has 0 aromatic carbocycles. The largest absolute Gasteiger partial charge is 0.505 e. The number of halogens is 2. The SMILES string of the molecule is Br.CCOC(=O)c1nc(C(=O)CBr)ccc1O. The van der Waals surface area contributed by atoms with Crippen molar-refractivity contribution in [3.63, 3.8) is 0 Å². The van der Waals surface area contributed by atoms with Gasteiger partial charge >= 0.3 is 5.97 Å². The molecule has 0 saturated heterocycles. The standard InChI is InChI=1S/C10H10BrNO4.BrH/c1-2-16-10(15)9-7(13)4-3-6(12-9)8(14)5-11;/h3-4,13H,2,5H2,1H3;1H. The van der Waals surface area contributed by atoms with Gasteiger partial charge < -0.3 is 9.84 Å². The van der Waals surface area contributed by atoms with E-state index in [-0.39, 0.29) is 51.8 Å². The Morgan fingerprint density at radius 2 is 2.12 bits per heavy atom. The minimum absolute atomic E-state index is 0. The molecule has 17 heavy (non-hydrogen) atoms. The summed E-state index contributed by atoms with van der Waals surface area (Å²) in [7, 11) is 0. The second-order valence-electron chi connectivity index (χ2n) is 2.84. The van der Waals surface area contributed by atoms with Gasteiger partial charge in [0.25, 0.3) is 0 Å². The van der Waals surface area contributed by atoms with E-state index in [1.165, 1.54) is 12.1 Å². The summed E-state index contributed by atoms with van der Waals surface area (Å²) in [4.78, 5) is 26.4. The number of aromatic nitrogens is 1. The molecule has 0 atom stereocenters. The first kappa shape index (κ1) is 16.1. The Labute approximate surface area is 117 Å². The quantitative estimate of drug-likeness (QED) is 0.500. The number of hydrogen-bond acceptors (Lipinski definition) is 5. The smallest absolute Gasteiger partial charge is 0.360 e. The number of pyridine rings is 1. The molecule has 0 bridgehead atoms. The topological polar surface area (TPSA) is 76.5 Å². The van der Waals surface area contributed by atoms with E-state index >= 15 is 0 Å². The summed E-state index contributed by atoms with van der Waals surface area (Å²) < 4.78 is 4.69. The zero-order valence-electron chi connectivity index (χ0n) is 8.97. The first-order valence-electron chi connectivity index (χ1n) is 4.56. The second-order valence-corrected chi connectivity index (χ2v) is 3.40. The van der Waals surface area contributed by atoms with Crippen molar-refractivity contribution in [1.29, 1.82) is 0 Å². The monoisotopic (exact) mass is 367 g/mol. The van der Waals surface area contributed by atoms with E-state index in [2.05, 4.69) is 20.9 Å². The molecule has 94 valence electrons. The third-order valence-electron chi connectivity index (χ3n) is 1.75. The third-order valence-corrected chi connectivity index (χ3v) is 2.26. The lowest BCUT2D eigenvalue weighted by Gasteiger charge is -2.04. The number of ketones is 1. The summed E-state index contributed by atoms with van der Waals surface area (Å²) in [6, 6.07) is 2.59. The van der Waals surface area contributed by atoms with Gasteiger partial charge in [-0.25, -0.2) is 9.78 Å². The van der Waals surface area contributed by atoms with E-state index in [1.54, 1.807) is 6.92 Å². The number of nitrogens with zero attached hydrogens (tertiary/aromatic N) is 1. The molecule has 1 aromatic heterocycles. The van der Waals surface area contributed by atoms with Gasteiger partial charge in [-0.15, -0.1) is 17.0 Å². The Morgan fingerprint density at radius 3 is 2.65 bits per heavy atom. The van der Waals surface area contributed by atoms with Gasteiger partial charge in [-0.1, -0.05) is 15.9 Å². The van der Waals surface area contributed by atoms with Crippen LogP contribution in [-0.4, -0.2) is 33.8 Å². The van der Waals surface area contributed by atoms with Crippen LogP contribution in [0.15, 0.2) is 12.1 Å². The predicted molar refractivity (Wildman–Crippen MR) is 70.3 cm³/mol. The molecule has 1 rings (SSSR count). The molecule has 0 aliphatic rings. The van der Waals surface area contributed by atoms with Crippen LogP contribution in [0.2, 0.25) is 0 Å². The number of alkyl halides is 1. The van der Waals surface area contributed by atoms with E-state index in [9.17, 15) is 14.7 Å². The molecular weight excluding hydrogens is 358 g/mol. The molecule has 0 aliphatic carbocycles. The van der Waals surface area contributed by atoms with Crippen LogP contribution in [0.3, 0.4) is 0 Å². The number of hydrogen-bond donors (Lipinski definition) is 1. The molecule has 1 aromatic rings. The van der Waals surface area contributed by atoms with Crippen LogP contribution >= 0.6 is 32.9 Å². The summed E-state index contributed by atoms with van der Waals surface area (Å²) in [5, 5.41) is 9.50. The molecule has 0 aliphatic heterocycles. The lowest BCUT2D eigenvalue weighted by Crippen LogP contribution is -2.11. The maximum absolute atomic E-state index is 11.4. The molecule has 5 nitrogen and oxygen atoms in total. The number of esters is 1. The van der Waals surface area contributed by atoms with Gasteiger partial charge in [0.1, 0.15) is 11.4 Å². The summed E-state index contributed by atoms with van der Waals surface area (Å²) >= 11 is 2.99. The highest BCUT2D eigenvalue weighted by Gasteiger charge is 2.17. The van der Waals surface area contributed by atoms with Crippen molar-refractivity contribution >= 4 is 44.7 Å². The van der Waals surface area contributed by atoms with Crippen molar-refractivity contribution in [2.24, 2.45) is 0 Å². The van der Waals surface area contributed by atoms with Crippen LogP contribution in [0.5, 0.6) is 5.75 Å². The van der Waals surface area contributed by atoms with Crippen molar-refractivity contribution in [3.8, 4) is 5.75 Å². The van der Waals surface area contributed by atoms with Crippen LogP contribution in [0, 0.1) is 0 Å². The molecule has 0 amide bonds. The van der Waals surface area contributed by atoms with Gasteiger partial charge in [0, 0.05) is 0 Å². The highest BCUT2D eigenvalue weighted by molar-refractivity contribution is 9.09. The third kappa shape index (κ3) is 4.08. The van der Waals surface area contributed by atoms with E-state index in [4.69, 9.17) is 4.74 Å². The highest BCUT2D eigenvalue weighted by Crippen LogP contribution is 2.16. The van der Waals surface area contributed by atoms with Crippen molar-refractivity contribution < 1.29 is 19.4 Å². The predicted octanol–water partition coefficient (Wildman–Crippen LogP) is 2.12. The van der Waals surface area contributed by atoms with Crippen LogP contribution in [0.1, 0.15) is 27.9 Å². The van der Waals surface area contributed by atoms with Gasteiger partial charge in [0.05, 0.1) is 11.9 Å². The first-order chi connectivity index (χ1) is 7.60. The van der Waals surface area contributed by atoms with E-state index in [0.717, 1.165) is 0 Å². The van der Waals surface area contributed by atoms with Crippen LogP contribution in [-0.2, 0) is 4.74 Å². The number of ether oxygens (including phenoxy) is 1. The number of rotatable bonds is 4. The van der Waals surface area contributed by atoms with Crippen LogP contribution in [0.4, 0.5) is 0 Å². The van der Waals surface area contributed by atoms with Crippen molar-refractivity contribution in [1.82, 2.24) is 4.98 Å². The molecule has 0 saturated carbocycles. The number of carbonyl (C=O) groups is 2. The Kier molecular flexibility index (Phi) is 6.98. The van der Waals surface area contributed by atoms with E-state index in [0.29, 0.717) is 0 Å². The minimum Gasteiger partial charge on any atom is -0.505 e. The average Bonchev–Trinajstić information content (AvgIpc) is 2.29. The molecule has 0 fully saturated rings. The molecular formula is C10H11Br2NO4. The number of carbonyl (C=O) groups excluding carboxylic acids is 2. The summed E-state index contributed by atoms with van der Waals surface area (Å²) in [6.07, 6.45) is 0. The molecule has 0 unspecified atom stereocenters. The zero-order chi connectivity index (χ0) is 12.1. The molecule has 1 N–H and O–H groups in total. The maximum Gasteiger partial charge on any atom is 0.360 e. The summed E-state index contributed by atoms with van der Waals surface area (Å²) in [6.45, 7) is 1.82. The van der Waals surface area contributed by atoms with Gasteiger partial charge in [-0.3, -0.25) is 4.79 Å². The molecule has 7 heteroatoms. The van der Waals surface area contributed by atoms with Gasteiger partial charge in [-0.05, 0) is 19.1 Å². The normalized spacial score (nSPS) is 9.29. The Morgan fingerprint density at radius 1 is 1.47 bits per heavy atom. The Balaban J connectivity index is 0.00000256. The van der Waals surface area contributed by atoms with Gasteiger partial charge in [-0.2, -0.15) is 0 Å². The van der Waals surface area contributed by atoms with Crippen LogP contribution < -0.4 is 0 Å². The van der Waals surface area contributed by atoms with Crippen molar-refractivity contribution in [2.45, 2.75) is 6.92 Å². The lowest BCUT2D eigenvalue weighted by atomic mass is 10.2. The lowest BCUT2D eigenvalue weighted by molar-refractivity contribution is 0.0515. The molecule has 1 heterocycles. The fraction of sp³-hybridized carbons (Fsp3) is 0.300. The first-order valence-corrected chi connectivity index (χ1v) is 5.68. The zero-order valence-corrected chi connectivity index (χ0v) is 12.3. The number of Topliss-reactive ketones (excluding diaryl/α,β-unsaturated/α-hetero) is 1. The Hall–Kier alpha value is -0.950. The molecule has 0 radical (unpaired) electrons. The maximum atomic E-state index is 11.4. The molecule has 0 spiro atoms. The van der Waals surface area contributed by atoms with Gasteiger partial charge in [0.2, 0.25) is 0 Å². The Bertz CT molecular complexity index is 423. The van der Waals surface area contributed by atoms with Gasteiger partial charge in [0.15, 0.2) is 11.5 Å². The average molecular weight is 369 g/mol. The number of aromatic hydroxyl groups is 1. The fourth-order valence-corrected chi connectivity index (χ4v) is 1.31. The fourth-order valence-electron chi connectivity index (χ4n) is 1.03. The summed E-state index contributed by atoms with van der Waals surface area (Å²) in [5.41, 5.74) is -0.133. The van der Waals surface area contributed by atoms with Crippen LogP contribution in [0.25, 0.3) is 0 Å². The van der Waals surface area contributed by atoms with E-state index in [1.807, 2.05) is 0 Å². The van der Waals surface area contributed by atoms with Crippen molar-refractivity contribution in [2.75, 3.05) is 11.9 Å². The summed E-state index contributed by atoms with van der Waals surface area (Å²) in [5.74, 6) is -1.32. The minimum atomic E-state index is -0.746. The second kappa shape index (κ2) is 7.39. The highest BCUT2D eigenvalue weighted by atomic mass is 79.9. The van der Waals surface area contributed by atoms with Crippen molar-refractivity contribution in [3.05, 3.63) is 23.5 Å².